The van der Waals surface area contributed by atoms with Gasteiger partial charge in [0.2, 0.25) is 5.91 Å². The van der Waals surface area contributed by atoms with E-state index < -0.39 is 4.92 Å². The molecule has 1 aliphatic carbocycles. The van der Waals surface area contributed by atoms with E-state index in [4.69, 9.17) is 0 Å². The van der Waals surface area contributed by atoms with Gasteiger partial charge in [0.25, 0.3) is 5.69 Å². The lowest BCUT2D eigenvalue weighted by molar-refractivity contribution is -0.384. The van der Waals surface area contributed by atoms with Crippen LogP contribution in [0.3, 0.4) is 0 Å². The molecule has 1 aromatic rings. The monoisotopic (exact) mass is 277 g/mol. The van der Waals surface area contributed by atoms with Crippen LogP contribution in [0.1, 0.15) is 31.2 Å². The molecule has 108 valence electrons. The standard InChI is InChI=1S/C14H19N3O3/c18-14(16-12-5-1-2-6-12)10-15-9-11-4-3-7-13(8-11)17(19)20/h3-4,7-8,12,15H,1-2,5-6,9-10H2,(H,16,18). The lowest BCUT2D eigenvalue weighted by Crippen LogP contribution is -2.38. The number of nitrogens with one attached hydrogen (secondary N) is 2. The van der Waals surface area contributed by atoms with Crippen LogP contribution in [0.25, 0.3) is 0 Å². The molecule has 1 aliphatic rings. The molecule has 2 N–H and O–H groups in total. The molecule has 1 saturated carbocycles. The highest BCUT2D eigenvalue weighted by Gasteiger charge is 2.16. The molecule has 0 aromatic heterocycles. The Labute approximate surface area is 117 Å². The van der Waals surface area contributed by atoms with Crippen LogP contribution in [-0.4, -0.2) is 23.4 Å². The van der Waals surface area contributed by atoms with Crippen LogP contribution < -0.4 is 10.6 Å². The molecule has 2 rings (SSSR count). The Morgan fingerprint density at radius 3 is 2.80 bits per heavy atom. The summed E-state index contributed by atoms with van der Waals surface area (Å²) in [4.78, 5) is 21.9. The second-order valence-corrected chi connectivity index (χ2v) is 5.08. The molecular weight excluding hydrogens is 258 g/mol. The maximum Gasteiger partial charge on any atom is 0.269 e. The van der Waals surface area contributed by atoms with E-state index in [1.807, 2.05) is 0 Å². The lowest BCUT2D eigenvalue weighted by atomic mass is 10.2. The van der Waals surface area contributed by atoms with Gasteiger partial charge in [-0.3, -0.25) is 14.9 Å². The van der Waals surface area contributed by atoms with Crippen LogP contribution in [0.15, 0.2) is 24.3 Å². The summed E-state index contributed by atoms with van der Waals surface area (Å²) in [7, 11) is 0. The van der Waals surface area contributed by atoms with Gasteiger partial charge in [0, 0.05) is 24.7 Å². The van der Waals surface area contributed by atoms with Crippen LogP contribution in [0.4, 0.5) is 5.69 Å². The minimum absolute atomic E-state index is 0.0117. The molecule has 1 amide bonds. The summed E-state index contributed by atoms with van der Waals surface area (Å²) in [6.45, 7) is 0.680. The normalized spacial score (nSPS) is 15.2. The molecule has 6 nitrogen and oxygen atoms in total. The van der Waals surface area contributed by atoms with Gasteiger partial charge in [0.15, 0.2) is 0 Å². The van der Waals surface area contributed by atoms with Gasteiger partial charge in [-0.1, -0.05) is 25.0 Å². The predicted octanol–water partition coefficient (Wildman–Crippen LogP) is 1.74. The lowest BCUT2D eigenvalue weighted by Gasteiger charge is -2.12. The summed E-state index contributed by atoms with van der Waals surface area (Å²) in [5, 5.41) is 16.6. The Morgan fingerprint density at radius 2 is 2.10 bits per heavy atom. The zero-order chi connectivity index (χ0) is 14.4. The number of nitrogens with zero attached hydrogens (tertiary/aromatic N) is 1. The van der Waals surface area contributed by atoms with Gasteiger partial charge >= 0.3 is 0 Å². The van der Waals surface area contributed by atoms with E-state index in [-0.39, 0.29) is 18.1 Å². The van der Waals surface area contributed by atoms with Crippen LogP contribution in [-0.2, 0) is 11.3 Å². The van der Waals surface area contributed by atoms with Crippen molar-refractivity contribution in [1.29, 1.82) is 0 Å². The molecule has 0 radical (unpaired) electrons. The highest BCUT2D eigenvalue weighted by Crippen LogP contribution is 2.17. The van der Waals surface area contributed by atoms with Gasteiger partial charge < -0.3 is 10.6 Å². The number of nitro benzene ring substituents is 1. The van der Waals surface area contributed by atoms with Crippen LogP contribution in [0, 0.1) is 10.1 Å². The fourth-order valence-electron chi connectivity index (χ4n) is 2.45. The van der Waals surface area contributed by atoms with Gasteiger partial charge in [-0.15, -0.1) is 0 Å². The van der Waals surface area contributed by atoms with E-state index in [0.717, 1.165) is 18.4 Å². The zero-order valence-electron chi connectivity index (χ0n) is 11.3. The van der Waals surface area contributed by atoms with Gasteiger partial charge in [-0.25, -0.2) is 0 Å². The maximum absolute atomic E-state index is 11.7. The first kappa shape index (κ1) is 14.5. The maximum atomic E-state index is 11.7. The average molecular weight is 277 g/mol. The first-order valence-corrected chi connectivity index (χ1v) is 6.88. The average Bonchev–Trinajstić information content (AvgIpc) is 2.92. The second kappa shape index (κ2) is 7.00. The highest BCUT2D eigenvalue weighted by molar-refractivity contribution is 5.78. The summed E-state index contributed by atoms with van der Waals surface area (Å²) < 4.78 is 0. The molecule has 0 atom stereocenters. The number of benzene rings is 1. The summed E-state index contributed by atoms with van der Waals surface area (Å²) >= 11 is 0. The van der Waals surface area contributed by atoms with Crippen molar-refractivity contribution in [1.82, 2.24) is 10.6 Å². The smallest absolute Gasteiger partial charge is 0.269 e. The number of rotatable bonds is 6. The van der Waals surface area contributed by atoms with E-state index in [1.54, 1.807) is 12.1 Å². The molecule has 0 spiro atoms. The Kier molecular flexibility index (Phi) is 5.06. The highest BCUT2D eigenvalue weighted by atomic mass is 16.6. The second-order valence-electron chi connectivity index (χ2n) is 5.08. The van der Waals surface area contributed by atoms with Crippen molar-refractivity contribution >= 4 is 11.6 Å². The molecule has 0 saturated heterocycles. The van der Waals surface area contributed by atoms with Crippen molar-refractivity contribution in [3.8, 4) is 0 Å². The Morgan fingerprint density at radius 1 is 1.35 bits per heavy atom. The predicted molar refractivity (Wildman–Crippen MR) is 75.2 cm³/mol. The van der Waals surface area contributed by atoms with Crippen molar-refractivity contribution < 1.29 is 9.72 Å². The first-order chi connectivity index (χ1) is 9.65. The molecule has 20 heavy (non-hydrogen) atoms. The summed E-state index contributed by atoms with van der Waals surface area (Å²) in [5.74, 6) is -0.0117. The molecule has 6 heteroatoms. The number of non-ortho nitro benzene ring substituents is 1. The van der Waals surface area contributed by atoms with E-state index in [0.29, 0.717) is 12.6 Å². The SMILES string of the molecule is O=C(CNCc1cccc([N+](=O)[O-])c1)NC1CCCC1. The topological polar surface area (TPSA) is 84.3 Å². The fraction of sp³-hybridized carbons (Fsp3) is 0.500. The number of hydrogen-bond donors (Lipinski definition) is 2. The molecule has 0 bridgehead atoms. The van der Waals surface area contributed by atoms with Crippen LogP contribution in [0.5, 0.6) is 0 Å². The fourth-order valence-corrected chi connectivity index (χ4v) is 2.45. The quantitative estimate of drug-likeness (QED) is 0.613. The number of hydrogen-bond acceptors (Lipinski definition) is 4. The molecule has 0 heterocycles. The van der Waals surface area contributed by atoms with Gasteiger partial charge in [-0.05, 0) is 18.4 Å². The summed E-state index contributed by atoms with van der Waals surface area (Å²) in [5.41, 5.74) is 0.868. The molecule has 0 aliphatic heterocycles. The molecule has 0 unspecified atom stereocenters. The van der Waals surface area contributed by atoms with E-state index >= 15 is 0 Å². The van der Waals surface area contributed by atoms with Crippen molar-refractivity contribution in [2.45, 2.75) is 38.3 Å². The summed E-state index contributed by atoms with van der Waals surface area (Å²) in [6.07, 6.45) is 4.51. The van der Waals surface area contributed by atoms with E-state index in [9.17, 15) is 14.9 Å². The van der Waals surface area contributed by atoms with Crippen LogP contribution in [0.2, 0.25) is 0 Å². The number of carbonyl (C=O) groups is 1. The minimum Gasteiger partial charge on any atom is -0.352 e. The minimum atomic E-state index is -0.420. The largest absolute Gasteiger partial charge is 0.352 e. The Bertz CT molecular complexity index is 484. The molecule has 1 fully saturated rings. The number of amides is 1. The third kappa shape index (κ3) is 4.31. The number of carbonyl (C=O) groups excluding carboxylic acids is 1. The van der Waals surface area contributed by atoms with Crippen molar-refractivity contribution in [2.75, 3.05) is 6.54 Å². The third-order valence-electron chi connectivity index (χ3n) is 3.46. The van der Waals surface area contributed by atoms with Gasteiger partial charge in [-0.2, -0.15) is 0 Å². The van der Waals surface area contributed by atoms with Crippen LogP contribution >= 0.6 is 0 Å². The molecular formula is C14H19N3O3. The van der Waals surface area contributed by atoms with Gasteiger partial charge in [0.05, 0.1) is 11.5 Å². The number of nitro groups is 1. The first-order valence-electron chi connectivity index (χ1n) is 6.88. The zero-order valence-corrected chi connectivity index (χ0v) is 11.3. The Hall–Kier alpha value is -1.95. The summed E-state index contributed by atoms with van der Waals surface area (Å²) in [6, 6.07) is 6.74. The van der Waals surface area contributed by atoms with Crippen molar-refractivity contribution in [3.05, 3.63) is 39.9 Å². The Balaban J connectivity index is 1.73. The van der Waals surface area contributed by atoms with Crippen molar-refractivity contribution in [2.24, 2.45) is 0 Å². The molecule has 1 aromatic carbocycles. The van der Waals surface area contributed by atoms with E-state index in [1.165, 1.54) is 25.0 Å². The third-order valence-corrected chi connectivity index (χ3v) is 3.46. The van der Waals surface area contributed by atoms with Gasteiger partial charge in [0.1, 0.15) is 0 Å². The van der Waals surface area contributed by atoms with E-state index in [2.05, 4.69) is 10.6 Å². The van der Waals surface area contributed by atoms with Crippen molar-refractivity contribution in [3.63, 3.8) is 0 Å².